The van der Waals surface area contributed by atoms with Gasteiger partial charge in [-0.25, -0.2) is 0 Å². The number of nitrogens with zero attached hydrogens (tertiary/aromatic N) is 2. The van der Waals surface area contributed by atoms with Crippen molar-refractivity contribution in [3.8, 4) is 0 Å². The van der Waals surface area contributed by atoms with E-state index in [0.717, 1.165) is 5.56 Å². The summed E-state index contributed by atoms with van der Waals surface area (Å²) < 4.78 is 0. The molecule has 0 spiro atoms. The Morgan fingerprint density at radius 2 is 1.92 bits per heavy atom. The zero-order chi connectivity index (χ0) is 8.97. The van der Waals surface area contributed by atoms with Crippen molar-refractivity contribution in [2.45, 2.75) is 13.0 Å². The predicted molar refractivity (Wildman–Crippen MR) is 48.4 cm³/mol. The van der Waals surface area contributed by atoms with E-state index < -0.39 is 0 Å². The summed E-state index contributed by atoms with van der Waals surface area (Å²) in [7, 11) is 1.67. The minimum atomic E-state index is 0.0451. The molecule has 0 unspecified atom stereocenters. The van der Waals surface area contributed by atoms with Crippen LogP contribution in [0.1, 0.15) is 18.5 Å². The van der Waals surface area contributed by atoms with Crippen molar-refractivity contribution in [1.29, 1.82) is 0 Å². The van der Waals surface area contributed by atoms with Gasteiger partial charge in [-0.2, -0.15) is 0 Å². The normalized spacial score (nSPS) is 12.2. The van der Waals surface area contributed by atoms with Gasteiger partial charge < -0.3 is 0 Å². The van der Waals surface area contributed by atoms with Gasteiger partial charge in [-0.1, -0.05) is 30.3 Å². The fourth-order valence-corrected chi connectivity index (χ4v) is 1.02. The van der Waals surface area contributed by atoms with Crippen LogP contribution in [0.2, 0.25) is 0 Å². The summed E-state index contributed by atoms with van der Waals surface area (Å²) in [5.41, 5.74) is 1.10. The monoisotopic (exact) mass is 164 g/mol. The van der Waals surface area contributed by atoms with E-state index in [2.05, 4.69) is 5.29 Å². The van der Waals surface area contributed by atoms with Crippen LogP contribution in [0, 0.1) is 4.91 Å². The molecule has 0 aliphatic carbocycles. The number of nitroso groups, excluding NO2 is 1. The van der Waals surface area contributed by atoms with Gasteiger partial charge >= 0.3 is 0 Å². The van der Waals surface area contributed by atoms with Crippen molar-refractivity contribution < 1.29 is 0 Å². The smallest absolute Gasteiger partial charge is 0.0720 e. The first kappa shape index (κ1) is 8.71. The van der Waals surface area contributed by atoms with Crippen LogP contribution >= 0.6 is 0 Å². The third-order valence-corrected chi connectivity index (χ3v) is 1.97. The molecule has 0 saturated heterocycles. The van der Waals surface area contributed by atoms with Crippen LogP contribution in [0.4, 0.5) is 0 Å². The molecule has 0 amide bonds. The lowest BCUT2D eigenvalue weighted by molar-refractivity contribution is 0.271. The molecule has 0 fully saturated rings. The average molecular weight is 164 g/mol. The Kier molecular flexibility index (Phi) is 2.80. The summed E-state index contributed by atoms with van der Waals surface area (Å²) in [5, 5.41) is 4.25. The minimum Gasteiger partial charge on any atom is -0.257 e. The maximum absolute atomic E-state index is 10.2. The fourth-order valence-electron chi connectivity index (χ4n) is 1.02. The topological polar surface area (TPSA) is 32.7 Å². The average Bonchev–Trinajstić information content (AvgIpc) is 2.17. The van der Waals surface area contributed by atoms with Gasteiger partial charge in [0.2, 0.25) is 0 Å². The Bertz CT molecular complexity index is 248. The van der Waals surface area contributed by atoms with Crippen molar-refractivity contribution in [3.05, 3.63) is 40.8 Å². The number of benzene rings is 1. The van der Waals surface area contributed by atoms with Gasteiger partial charge in [0, 0.05) is 7.05 Å². The Balaban J connectivity index is 2.78. The van der Waals surface area contributed by atoms with E-state index >= 15 is 0 Å². The maximum atomic E-state index is 10.2. The highest BCUT2D eigenvalue weighted by Crippen LogP contribution is 2.17. The van der Waals surface area contributed by atoms with Crippen LogP contribution in [0.3, 0.4) is 0 Å². The summed E-state index contributed by atoms with van der Waals surface area (Å²) >= 11 is 0. The van der Waals surface area contributed by atoms with Crippen LogP contribution in [0.15, 0.2) is 35.6 Å². The molecule has 0 aliphatic heterocycles. The summed E-state index contributed by atoms with van der Waals surface area (Å²) in [6.07, 6.45) is 0. The lowest BCUT2D eigenvalue weighted by Gasteiger charge is -2.17. The fraction of sp³-hybridized carbons (Fsp3) is 0.333. The maximum Gasteiger partial charge on any atom is 0.0720 e. The van der Waals surface area contributed by atoms with Crippen molar-refractivity contribution in [2.75, 3.05) is 7.05 Å². The molecule has 1 atom stereocenters. The molecule has 0 N–H and O–H groups in total. The Labute approximate surface area is 72.0 Å². The predicted octanol–water partition coefficient (Wildman–Crippen LogP) is 2.36. The van der Waals surface area contributed by atoms with Gasteiger partial charge in [0.05, 0.1) is 11.3 Å². The zero-order valence-electron chi connectivity index (χ0n) is 7.27. The van der Waals surface area contributed by atoms with Crippen molar-refractivity contribution in [2.24, 2.45) is 5.29 Å². The molecule has 0 heterocycles. The van der Waals surface area contributed by atoms with E-state index in [1.54, 1.807) is 7.05 Å². The van der Waals surface area contributed by atoms with Crippen LogP contribution in [-0.4, -0.2) is 12.1 Å². The summed E-state index contributed by atoms with van der Waals surface area (Å²) in [5.74, 6) is 0. The van der Waals surface area contributed by atoms with Crippen LogP contribution in [0.25, 0.3) is 0 Å². The molecular formula is C9H12N2O. The molecule has 0 aliphatic rings. The largest absolute Gasteiger partial charge is 0.257 e. The van der Waals surface area contributed by atoms with E-state index in [9.17, 15) is 4.91 Å². The second kappa shape index (κ2) is 3.85. The van der Waals surface area contributed by atoms with Crippen molar-refractivity contribution in [3.63, 3.8) is 0 Å². The highest BCUT2D eigenvalue weighted by atomic mass is 16.3. The van der Waals surface area contributed by atoms with E-state index in [0.29, 0.717) is 0 Å². The van der Waals surface area contributed by atoms with E-state index in [4.69, 9.17) is 0 Å². The van der Waals surface area contributed by atoms with Crippen LogP contribution < -0.4 is 0 Å². The SMILES string of the molecule is C[C@@H](c1ccccc1)N(C)N=O. The molecule has 0 aromatic heterocycles. The summed E-state index contributed by atoms with van der Waals surface area (Å²) in [6.45, 7) is 1.94. The molecule has 12 heavy (non-hydrogen) atoms. The number of hydrogen-bond donors (Lipinski definition) is 0. The Morgan fingerprint density at radius 1 is 1.33 bits per heavy atom. The molecule has 0 bridgehead atoms. The minimum absolute atomic E-state index is 0.0451. The molecule has 1 rings (SSSR count). The zero-order valence-corrected chi connectivity index (χ0v) is 7.27. The first-order chi connectivity index (χ1) is 5.75. The first-order valence-electron chi connectivity index (χ1n) is 3.86. The second-order valence-corrected chi connectivity index (χ2v) is 2.74. The first-order valence-corrected chi connectivity index (χ1v) is 3.86. The molecule has 64 valence electrons. The lowest BCUT2D eigenvalue weighted by atomic mass is 10.1. The molecule has 3 heteroatoms. The van der Waals surface area contributed by atoms with E-state index in [-0.39, 0.29) is 6.04 Å². The molecular weight excluding hydrogens is 152 g/mol. The molecule has 3 nitrogen and oxygen atoms in total. The molecule has 1 aromatic rings. The van der Waals surface area contributed by atoms with Crippen molar-refractivity contribution in [1.82, 2.24) is 5.01 Å². The van der Waals surface area contributed by atoms with Crippen LogP contribution in [0.5, 0.6) is 0 Å². The summed E-state index contributed by atoms with van der Waals surface area (Å²) in [4.78, 5) is 10.2. The number of hydrogen-bond acceptors (Lipinski definition) is 2. The standard InChI is InChI=1S/C9H12N2O/c1-8(11(2)10-12)9-6-4-3-5-7-9/h3-8H,1-2H3/t8-/m0/s1. The third-order valence-electron chi connectivity index (χ3n) is 1.97. The molecule has 0 radical (unpaired) electrons. The lowest BCUT2D eigenvalue weighted by Crippen LogP contribution is -2.14. The van der Waals surface area contributed by atoms with E-state index in [1.165, 1.54) is 5.01 Å². The quantitative estimate of drug-likeness (QED) is 0.507. The van der Waals surface area contributed by atoms with Gasteiger partial charge in [0.15, 0.2) is 0 Å². The second-order valence-electron chi connectivity index (χ2n) is 2.74. The number of rotatable bonds is 3. The van der Waals surface area contributed by atoms with Gasteiger partial charge in [-0.3, -0.25) is 5.01 Å². The van der Waals surface area contributed by atoms with Crippen LogP contribution in [-0.2, 0) is 0 Å². The van der Waals surface area contributed by atoms with Gasteiger partial charge in [0.1, 0.15) is 0 Å². The van der Waals surface area contributed by atoms with Gasteiger partial charge in [0.25, 0.3) is 0 Å². The highest BCUT2D eigenvalue weighted by Gasteiger charge is 2.08. The Morgan fingerprint density at radius 3 is 2.42 bits per heavy atom. The summed E-state index contributed by atoms with van der Waals surface area (Å²) in [6, 6.07) is 9.85. The molecule has 1 aromatic carbocycles. The third kappa shape index (κ3) is 1.81. The van der Waals surface area contributed by atoms with Crippen molar-refractivity contribution >= 4 is 0 Å². The van der Waals surface area contributed by atoms with E-state index in [1.807, 2.05) is 37.3 Å². The highest BCUT2D eigenvalue weighted by molar-refractivity contribution is 5.17. The molecule has 0 saturated carbocycles. The van der Waals surface area contributed by atoms with Gasteiger partial charge in [-0.15, -0.1) is 4.91 Å². The Hall–Kier alpha value is -1.38. The van der Waals surface area contributed by atoms with Gasteiger partial charge in [-0.05, 0) is 12.5 Å².